The van der Waals surface area contributed by atoms with Gasteiger partial charge in [0.25, 0.3) is 0 Å². The molecule has 0 saturated heterocycles. The van der Waals surface area contributed by atoms with Crippen LogP contribution < -0.4 is 0 Å². The Morgan fingerprint density at radius 1 is 1.69 bits per heavy atom. The minimum Gasteiger partial charge on any atom is -0.501 e. The van der Waals surface area contributed by atoms with E-state index < -0.39 is 16.4 Å². The van der Waals surface area contributed by atoms with E-state index >= 15 is 0 Å². The molecule has 0 radical (unpaired) electrons. The second kappa shape index (κ2) is 3.51. The Balaban J connectivity index is 3.50. The Morgan fingerprint density at radius 2 is 2.23 bits per heavy atom. The monoisotopic (exact) mass is 265 g/mol. The minimum atomic E-state index is -0.689. The molecule has 4 nitrogen and oxygen atoms in total. The molecule has 0 spiro atoms. The summed E-state index contributed by atoms with van der Waals surface area (Å²) < 4.78 is 0.256. The fraction of sp³-hybridized carbons (Fsp3) is 0.143. The quantitative estimate of drug-likeness (QED) is 0.628. The van der Waals surface area contributed by atoms with E-state index in [2.05, 4.69) is 15.9 Å². The number of hydrogen-bond acceptors (Lipinski definition) is 3. The zero-order chi connectivity index (χ0) is 10.2. The van der Waals surface area contributed by atoms with Gasteiger partial charge < -0.3 is 5.11 Å². The molecule has 0 amide bonds. The number of halogens is 2. The zero-order valence-electron chi connectivity index (χ0n) is 6.54. The molecule has 0 saturated carbocycles. The molecule has 1 rings (SSSR count). The van der Waals surface area contributed by atoms with Crippen LogP contribution in [0.15, 0.2) is 10.5 Å². The van der Waals surface area contributed by atoms with E-state index in [1.807, 2.05) is 0 Å². The average Bonchev–Trinajstić information content (AvgIpc) is 2.07. The number of rotatable bonds is 1. The van der Waals surface area contributed by atoms with Gasteiger partial charge in [-0.2, -0.15) is 0 Å². The van der Waals surface area contributed by atoms with Crippen LogP contribution in [0.5, 0.6) is 5.75 Å². The van der Waals surface area contributed by atoms with E-state index in [1.54, 1.807) is 6.92 Å². The molecule has 70 valence electrons. The molecule has 0 aliphatic rings. The zero-order valence-corrected chi connectivity index (χ0v) is 8.89. The van der Waals surface area contributed by atoms with Crippen LogP contribution in [0, 0.1) is 17.0 Å². The van der Waals surface area contributed by atoms with Gasteiger partial charge in [-0.05, 0) is 28.4 Å². The van der Waals surface area contributed by atoms with Crippen molar-refractivity contribution >= 4 is 33.2 Å². The number of phenols is 1. The number of phenolic OH excluding ortho intramolecular Hbond substituents is 1. The smallest absolute Gasteiger partial charge is 0.313 e. The van der Waals surface area contributed by atoms with Crippen molar-refractivity contribution in [3.8, 4) is 5.75 Å². The summed E-state index contributed by atoms with van der Waals surface area (Å²) in [4.78, 5) is 9.71. The Morgan fingerprint density at radius 3 is 2.69 bits per heavy atom. The van der Waals surface area contributed by atoms with Crippen molar-refractivity contribution < 1.29 is 10.0 Å². The summed E-state index contributed by atoms with van der Waals surface area (Å²) in [7, 11) is 0. The second-order valence-corrected chi connectivity index (χ2v) is 3.62. The van der Waals surface area contributed by atoms with Crippen LogP contribution in [0.4, 0.5) is 5.69 Å². The maximum atomic E-state index is 10.4. The van der Waals surface area contributed by atoms with Crippen molar-refractivity contribution in [2.24, 2.45) is 0 Å². The molecular weight excluding hydrogens is 261 g/mol. The number of hydrogen-bond donors (Lipinski definition) is 1. The van der Waals surface area contributed by atoms with E-state index in [-0.39, 0.29) is 9.50 Å². The first-order chi connectivity index (χ1) is 5.95. The molecule has 1 aromatic carbocycles. The first-order valence-electron chi connectivity index (χ1n) is 3.27. The van der Waals surface area contributed by atoms with Crippen LogP contribution in [-0.2, 0) is 0 Å². The number of nitrogens with zero attached hydrogens (tertiary/aromatic N) is 1. The summed E-state index contributed by atoms with van der Waals surface area (Å²) in [5.41, 5.74) is 0.173. The summed E-state index contributed by atoms with van der Waals surface area (Å²) in [6.45, 7) is 1.65. The van der Waals surface area contributed by atoms with E-state index in [9.17, 15) is 15.2 Å². The SMILES string of the molecule is Cc1c(Cl)cc([N+](=O)[O-])c(O)c1Br. The van der Waals surface area contributed by atoms with Gasteiger partial charge in [0, 0.05) is 6.07 Å². The molecular formula is C7H5BrClNO3. The fourth-order valence-corrected chi connectivity index (χ4v) is 1.56. The lowest BCUT2D eigenvalue weighted by molar-refractivity contribution is -0.385. The van der Waals surface area contributed by atoms with Crippen LogP contribution in [-0.4, -0.2) is 10.0 Å². The molecule has 0 bridgehead atoms. The highest BCUT2D eigenvalue weighted by Gasteiger charge is 2.19. The highest BCUT2D eigenvalue weighted by molar-refractivity contribution is 9.10. The minimum absolute atomic E-state index is 0.247. The summed E-state index contributed by atoms with van der Waals surface area (Å²) in [6, 6.07) is 1.12. The van der Waals surface area contributed by atoms with E-state index in [0.29, 0.717) is 5.56 Å². The average molecular weight is 266 g/mol. The molecule has 0 unspecified atom stereocenters. The van der Waals surface area contributed by atoms with Gasteiger partial charge in [0.1, 0.15) is 0 Å². The number of aromatic hydroxyl groups is 1. The highest BCUT2D eigenvalue weighted by atomic mass is 79.9. The van der Waals surface area contributed by atoms with Gasteiger partial charge in [0.15, 0.2) is 0 Å². The Hall–Kier alpha value is -0.810. The Labute approximate surface area is 87.4 Å². The van der Waals surface area contributed by atoms with Gasteiger partial charge in [0.2, 0.25) is 5.75 Å². The molecule has 6 heteroatoms. The van der Waals surface area contributed by atoms with E-state index in [0.717, 1.165) is 6.07 Å². The maximum Gasteiger partial charge on any atom is 0.313 e. The third kappa shape index (κ3) is 1.76. The first-order valence-corrected chi connectivity index (χ1v) is 4.44. The number of nitro groups is 1. The van der Waals surface area contributed by atoms with Gasteiger partial charge in [0.05, 0.1) is 14.4 Å². The summed E-state index contributed by atoms with van der Waals surface area (Å²) >= 11 is 8.70. The standard InChI is InChI=1S/C7H5BrClNO3/c1-3-4(9)2-5(10(12)13)7(11)6(3)8/h2,11H,1H3. The first kappa shape index (κ1) is 10.3. The van der Waals surface area contributed by atoms with Crippen LogP contribution in [0.2, 0.25) is 5.02 Å². The molecule has 0 aliphatic heterocycles. The topological polar surface area (TPSA) is 63.4 Å². The predicted molar refractivity (Wildman–Crippen MR) is 52.2 cm³/mol. The van der Waals surface area contributed by atoms with Crippen molar-refractivity contribution in [1.29, 1.82) is 0 Å². The lowest BCUT2D eigenvalue weighted by atomic mass is 10.2. The maximum absolute atomic E-state index is 10.4. The van der Waals surface area contributed by atoms with Gasteiger partial charge in [-0.15, -0.1) is 0 Å². The normalized spacial score (nSPS) is 10.1. The lowest BCUT2D eigenvalue weighted by Gasteiger charge is -2.03. The van der Waals surface area contributed by atoms with Crippen LogP contribution in [0.25, 0.3) is 0 Å². The van der Waals surface area contributed by atoms with E-state index in [1.165, 1.54) is 0 Å². The molecule has 0 aliphatic carbocycles. The van der Waals surface area contributed by atoms with Gasteiger partial charge in [-0.3, -0.25) is 10.1 Å². The Bertz CT molecular complexity index is 380. The predicted octanol–water partition coefficient (Wildman–Crippen LogP) is 3.02. The second-order valence-electron chi connectivity index (χ2n) is 2.42. The van der Waals surface area contributed by atoms with Crippen molar-refractivity contribution in [3.05, 3.63) is 31.2 Å². The van der Waals surface area contributed by atoms with Gasteiger partial charge >= 0.3 is 5.69 Å². The van der Waals surface area contributed by atoms with Gasteiger partial charge in [-0.1, -0.05) is 11.6 Å². The molecule has 13 heavy (non-hydrogen) atoms. The van der Waals surface area contributed by atoms with Crippen molar-refractivity contribution in [3.63, 3.8) is 0 Å². The molecule has 0 aromatic heterocycles. The number of benzene rings is 1. The van der Waals surface area contributed by atoms with Gasteiger partial charge in [-0.25, -0.2) is 0 Å². The van der Waals surface area contributed by atoms with Crippen LogP contribution in [0.3, 0.4) is 0 Å². The highest BCUT2D eigenvalue weighted by Crippen LogP contribution is 2.39. The third-order valence-corrected chi connectivity index (χ3v) is 2.96. The molecule has 0 atom stereocenters. The van der Waals surface area contributed by atoms with Crippen molar-refractivity contribution in [1.82, 2.24) is 0 Å². The van der Waals surface area contributed by atoms with Crippen LogP contribution >= 0.6 is 27.5 Å². The Kier molecular flexibility index (Phi) is 2.77. The van der Waals surface area contributed by atoms with Crippen LogP contribution in [0.1, 0.15) is 5.56 Å². The lowest BCUT2D eigenvalue weighted by Crippen LogP contribution is -1.91. The molecule has 0 heterocycles. The molecule has 1 N–H and O–H groups in total. The number of nitro benzene ring substituents is 1. The summed E-state index contributed by atoms with van der Waals surface area (Å²) in [6.07, 6.45) is 0. The summed E-state index contributed by atoms with van der Waals surface area (Å²) in [5, 5.41) is 20.0. The van der Waals surface area contributed by atoms with Crippen molar-refractivity contribution in [2.75, 3.05) is 0 Å². The van der Waals surface area contributed by atoms with E-state index in [4.69, 9.17) is 11.6 Å². The third-order valence-electron chi connectivity index (χ3n) is 1.60. The molecule has 0 fully saturated rings. The van der Waals surface area contributed by atoms with Crippen molar-refractivity contribution in [2.45, 2.75) is 6.92 Å². The largest absolute Gasteiger partial charge is 0.501 e. The summed E-state index contributed by atoms with van der Waals surface area (Å²) in [5.74, 6) is -0.396. The fourth-order valence-electron chi connectivity index (χ4n) is 0.831. The molecule has 1 aromatic rings.